The molecule has 8 aliphatic rings. The summed E-state index contributed by atoms with van der Waals surface area (Å²) in [4.78, 5) is 105. The third-order valence-electron chi connectivity index (χ3n) is 19.9. The number of anilines is 2. The Hall–Kier alpha value is -5.35. The minimum absolute atomic E-state index is 0.0184. The molecule has 624 valence electrons. The molecule has 0 bridgehead atoms. The van der Waals surface area contributed by atoms with Gasteiger partial charge in [0.1, 0.15) is 79.2 Å². The van der Waals surface area contributed by atoms with Crippen molar-refractivity contribution in [2.75, 3.05) is 85.8 Å². The molecule has 12 unspecified atom stereocenters. The van der Waals surface area contributed by atoms with Gasteiger partial charge in [0.05, 0.1) is 87.0 Å². The number of nitrogens with zero attached hydrogens (tertiary/aromatic N) is 17. The molecule has 0 aromatic carbocycles. The topological polar surface area (TPSA) is 689 Å². The van der Waals surface area contributed by atoms with E-state index in [1.807, 2.05) is 11.7 Å². The fourth-order valence-corrected chi connectivity index (χ4v) is 19.1. The summed E-state index contributed by atoms with van der Waals surface area (Å²) in [6.45, 7) is -1.28. The first-order valence-corrected chi connectivity index (χ1v) is 44.4. The highest BCUT2D eigenvalue weighted by atomic mass is 31.3. The number of aromatic nitrogens is 11. The monoisotopic (exact) mass is 1710 g/mol. The van der Waals surface area contributed by atoms with Crippen LogP contribution in [0.2, 0.25) is 0 Å². The summed E-state index contributed by atoms with van der Waals surface area (Å²) >= 11 is 0. The van der Waals surface area contributed by atoms with Gasteiger partial charge < -0.3 is 116 Å². The van der Waals surface area contributed by atoms with E-state index in [1.54, 1.807) is 18.8 Å². The number of aliphatic hydroxyl groups is 2. The number of hydrogen-bond acceptors (Lipinski definition) is 39. The summed E-state index contributed by atoms with van der Waals surface area (Å²) in [6.07, 6.45) is 13.3. The van der Waals surface area contributed by atoms with Gasteiger partial charge in [0.25, 0.3) is 31.3 Å². The van der Waals surface area contributed by atoms with Crippen LogP contribution >= 0.6 is 46.5 Å². The van der Waals surface area contributed by atoms with Gasteiger partial charge in [-0.2, -0.15) is 0 Å². The maximum Gasteiger partial charge on any atom is 0.280 e. The van der Waals surface area contributed by atoms with Gasteiger partial charge in [-0.3, -0.25) is 32.1 Å². The van der Waals surface area contributed by atoms with E-state index in [2.05, 4.69) is 98.8 Å². The van der Waals surface area contributed by atoms with Crippen molar-refractivity contribution in [2.45, 2.75) is 163 Å². The molecule has 55 heteroatoms. The van der Waals surface area contributed by atoms with Crippen LogP contribution in [0.25, 0.3) is 43.2 Å². The lowest BCUT2D eigenvalue weighted by Gasteiger charge is -2.33. The van der Waals surface area contributed by atoms with Crippen LogP contribution in [0.1, 0.15) is 101 Å². The lowest BCUT2D eigenvalue weighted by molar-refractivity contribution is -0.250. The number of phosphoric ester groups is 2. The van der Waals surface area contributed by atoms with Crippen LogP contribution in [0.3, 0.4) is 0 Å². The Morgan fingerprint density at radius 1 is 0.593 bits per heavy atom. The van der Waals surface area contributed by atoms with Crippen molar-refractivity contribution in [1.29, 1.82) is 0 Å². The molecule has 6 fully saturated rings. The maximum absolute atomic E-state index is 11.7. The van der Waals surface area contributed by atoms with Crippen LogP contribution in [0, 0.1) is 47.3 Å². The lowest BCUT2D eigenvalue weighted by atomic mass is 9.96. The molecule has 2 saturated carbocycles. The molecule has 0 amide bonds. The number of methoxy groups -OCH3 is 2. The van der Waals surface area contributed by atoms with Gasteiger partial charge in [-0.1, -0.05) is 15.4 Å². The second kappa shape index (κ2) is 41.9. The van der Waals surface area contributed by atoms with Crippen molar-refractivity contribution in [2.24, 2.45) is 52.8 Å². The van der Waals surface area contributed by atoms with Gasteiger partial charge >= 0.3 is 0 Å². The average molecular weight is 1710 g/mol. The van der Waals surface area contributed by atoms with Gasteiger partial charge in [-0.05, 0) is 111 Å². The summed E-state index contributed by atoms with van der Waals surface area (Å²) in [5.41, 5.74) is 32.7. The van der Waals surface area contributed by atoms with Gasteiger partial charge in [0.15, 0.2) is 22.9 Å². The number of imidazole rings is 2. The van der Waals surface area contributed by atoms with E-state index in [0.29, 0.717) is 47.7 Å². The quantitative estimate of drug-likeness (QED) is 0.0122. The van der Waals surface area contributed by atoms with Crippen molar-refractivity contribution in [3.05, 3.63) is 57.6 Å². The zero-order chi connectivity index (χ0) is 82.8. The Kier molecular flexibility index (Phi) is 34.5. The Labute approximate surface area is 650 Å². The number of aliphatic hydroxyl groups excluding tert-OH is 2. The van der Waals surface area contributed by atoms with E-state index in [0.717, 1.165) is 88.8 Å². The van der Waals surface area contributed by atoms with Crippen molar-refractivity contribution in [1.82, 2.24) is 54.0 Å². The molecule has 113 heavy (non-hydrogen) atoms. The second-order valence-corrected chi connectivity index (χ2v) is 36.6. The van der Waals surface area contributed by atoms with Crippen LogP contribution in [0.15, 0.2) is 35.5 Å². The number of fused-ring (bicyclic) bond motifs is 5. The smallest absolute Gasteiger partial charge is 0.280 e. The SMILES string of the molecule is COP(=O)([O-])CCC1C2CCC#CCCC21.COP(=O)([O-])CCC1C2CCc3nnn(C)c3CCC21.COP(=O)([O-])OC[C@H]1OC(n2cnc3c(N)ncnc32)C[C@H]1N=[N+]=[N-].[B][C@H]1C[C@@H](OC)[C@@H](CO)O1.[B][C@H]1C[C@@H](OC)[C@@H](CO)O1.[N-]=[N+]=N[C@@H]1C[C@H](n2cnc3c(N)ncnc32)O[C@@H]1COP(=O)([O-])OP(=O)([O-])OP(=O)([O-])O. The summed E-state index contributed by atoms with van der Waals surface area (Å²) in [5, 5.41) is 32.9. The minimum Gasteiger partial charge on any atom is -0.779 e. The summed E-state index contributed by atoms with van der Waals surface area (Å²) < 4.78 is 133. The minimum atomic E-state index is -6.05. The van der Waals surface area contributed by atoms with Crippen molar-refractivity contribution < 1.29 is 132 Å². The highest BCUT2D eigenvalue weighted by molar-refractivity contribution is 7.65. The van der Waals surface area contributed by atoms with E-state index >= 15 is 0 Å². The van der Waals surface area contributed by atoms with Gasteiger partial charge in [0.2, 0.25) is 0 Å². The van der Waals surface area contributed by atoms with Crippen LogP contribution in [-0.4, -0.2) is 220 Å². The molecule has 5 aromatic rings. The summed E-state index contributed by atoms with van der Waals surface area (Å²) in [6, 6.07) is -2.16. The van der Waals surface area contributed by atoms with Gasteiger partial charge in [-0.25, -0.2) is 38.5 Å². The standard InChI is InChI=1S/C13H22N3O3P.C12H19O3P.C11H15N8O5P.C10H15N8O11P3.2C6H11BO3/c1-16-13-6-4-10-9(3-5-12(13)14-15-16)11(10)7-8-20(17,18)19-2;1-15-16(13,14)9-8-12-10-6-4-2-3-5-7-11(10)12;1-22-25(20,21)23-3-7-6(17-18-13)2-8(24-7)19-5-16-9-10(12)14-4-15-11(9)19;11-9-8-10(14-3-13-9)18(4-15-8)7-1-5(16-17-12)6(27-7)2-26-31(22,23)29-32(24,25)28-30(19,20)21;2*1-9-4-2-6(7)10-5(4)3-8/h9-11H,3-8H2,1-2H3,(H,17,18);10-12H,4-9H2,1H3,(H,13,14);4-8H,2-3H2,1H3,(H,20,21)(H2,12,14,15);3-7H,1-2H2,(H,22,23)(H,24,25)(H2,11,13,14)(H2,19,20,21);2*4-6,8H,2-3H2,1H3/p-6/t;;6-,7-,8?;5-,6-,7-;2*4-,5-,6-/m..1111/s1. The van der Waals surface area contributed by atoms with Crippen LogP contribution < -0.4 is 40.8 Å². The van der Waals surface area contributed by atoms with E-state index in [-0.39, 0.29) is 104 Å². The van der Waals surface area contributed by atoms with Gasteiger partial charge in [-0.15, -0.1) is 16.9 Å². The van der Waals surface area contributed by atoms with Crippen molar-refractivity contribution in [3.63, 3.8) is 0 Å². The molecule has 23 atom stereocenters. The Bertz CT molecular complexity index is 4380. The largest absolute Gasteiger partial charge is 0.779 e. The first kappa shape index (κ1) is 93.2. The van der Waals surface area contributed by atoms with Gasteiger partial charge in [0, 0.05) is 102 Å². The normalized spacial score (nSPS) is 31.1. The van der Waals surface area contributed by atoms with Crippen molar-refractivity contribution >= 4 is 96.1 Å². The number of hydrogen-bond donors (Lipinski definition) is 5. The van der Waals surface area contributed by atoms with Crippen LogP contribution in [0.5, 0.6) is 0 Å². The molecule has 9 heterocycles. The third kappa shape index (κ3) is 27.1. The highest BCUT2D eigenvalue weighted by Crippen LogP contribution is 2.62. The molecule has 5 aromatic heterocycles. The number of aryl methyl sites for hydroxylation is 2. The molecular weight excluding hydrogens is 1620 g/mol. The molecule has 4 aliphatic heterocycles. The number of nitrogens with two attached hydrogens (primary N) is 2. The summed E-state index contributed by atoms with van der Waals surface area (Å²) in [7, 11) is -9.67. The molecule has 13 rings (SSSR count). The van der Waals surface area contributed by atoms with Crippen LogP contribution in [-0.2, 0) is 107 Å². The predicted molar refractivity (Wildman–Crippen MR) is 383 cm³/mol. The number of rotatable bonds is 27. The number of nitrogen functional groups attached to an aromatic ring is 2. The second-order valence-electron chi connectivity index (χ2n) is 26.7. The summed E-state index contributed by atoms with van der Waals surface area (Å²) in [5.74, 6) is 10.6. The molecule has 4 radical (unpaired) electrons. The lowest BCUT2D eigenvalue weighted by Crippen LogP contribution is -2.26. The first-order chi connectivity index (χ1) is 53.5. The maximum atomic E-state index is 11.7. The molecule has 0 spiro atoms. The molecular formula is C58H87B2N19O28P6-6. The molecule has 47 nitrogen and oxygen atoms in total. The number of azide groups is 2. The Balaban J connectivity index is 0.000000178. The first-order valence-electron chi connectivity index (χ1n) is 35.1. The average Bonchev–Trinajstić information content (AvgIpc) is 1.61. The third-order valence-corrected chi connectivity index (χ3v) is 27.2. The zero-order valence-corrected chi connectivity index (χ0v) is 67.4. The van der Waals surface area contributed by atoms with E-state index in [4.69, 9.17) is 86.3 Å². The number of phosphoric acid groups is 4. The highest BCUT2D eigenvalue weighted by Gasteiger charge is 2.50. The predicted octanol–water partition coefficient (Wildman–Crippen LogP) is 1.04. The van der Waals surface area contributed by atoms with Crippen molar-refractivity contribution in [3.8, 4) is 11.8 Å². The molecule has 4 aliphatic carbocycles. The van der Waals surface area contributed by atoms with Crippen LogP contribution in [0.4, 0.5) is 11.6 Å². The Morgan fingerprint density at radius 2 is 1.03 bits per heavy atom. The fourth-order valence-electron chi connectivity index (χ4n) is 14.2. The molecule has 7 N–H and O–H groups in total. The van der Waals surface area contributed by atoms with E-state index < -0.39 is 89.8 Å². The molecule has 4 saturated heterocycles. The Morgan fingerprint density at radius 3 is 1.42 bits per heavy atom. The zero-order valence-electron chi connectivity index (χ0n) is 62.0. The fraction of sp³-hybridized carbons (Fsp3) is 0.759. The van der Waals surface area contributed by atoms with E-state index in [9.17, 15) is 56.8 Å². The van der Waals surface area contributed by atoms with E-state index in [1.165, 1.54) is 49.8 Å². The number of ether oxygens (including phenoxy) is 6.